The lowest BCUT2D eigenvalue weighted by molar-refractivity contribution is -0.115. The average molecular weight is 389 g/mol. The summed E-state index contributed by atoms with van der Waals surface area (Å²) in [6, 6.07) is 8.79. The summed E-state index contributed by atoms with van der Waals surface area (Å²) in [7, 11) is -3.50. The van der Waals surface area contributed by atoms with E-state index in [2.05, 4.69) is 11.4 Å². The van der Waals surface area contributed by atoms with Gasteiger partial charge in [0.2, 0.25) is 5.91 Å². The fourth-order valence-electron chi connectivity index (χ4n) is 3.05. The molecule has 0 atom stereocenters. The number of fused-ring (bicyclic) bond motifs is 1. The fraction of sp³-hybridized carbons (Fsp3) is 0.368. The van der Waals surface area contributed by atoms with E-state index in [1.807, 2.05) is 6.92 Å². The molecular weight excluding hydrogens is 368 g/mol. The molecule has 0 unspecified atom stereocenters. The summed E-state index contributed by atoms with van der Waals surface area (Å²) in [6.07, 6.45) is 3.82. The number of hydrogen-bond donors (Lipinski definition) is 1. The molecule has 1 aliphatic carbocycles. The third-order valence-electron chi connectivity index (χ3n) is 4.51. The van der Waals surface area contributed by atoms with Crippen LogP contribution in [0.25, 0.3) is 0 Å². The summed E-state index contributed by atoms with van der Waals surface area (Å²) < 4.78 is 24.7. The molecule has 0 bridgehead atoms. The second-order valence-corrected chi connectivity index (χ2v) is 9.67. The zero-order valence-corrected chi connectivity index (χ0v) is 16.2. The Labute approximate surface area is 157 Å². The predicted molar refractivity (Wildman–Crippen MR) is 102 cm³/mol. The van der Waals surface area contributed by atoms with Crippen molar-refractivity contribution in [2.45, 2.75) is 43.9 Å². The Bertz CT molecular complexity index is 967. The van der Waals surface area contributed by atoms with Crippen molar-refractivity contribution >= 4 is 32.1 Å². The van der Waals surface area contributed by atoms with E-state index in [9.17, 15) is 18.5 Å². The number of benzene rings is 1. The minimum absolute atomic E-state index is 0.135. The van der Waals surface area contributed by atoms with Crippen LogP contribution in [0, 0.1) is 18.3 Å². The quantitative estimate of drug-likeness (QED) is 0.848. The van der Waals surface area contributed by atoms with Gasteiger partial charge in [-0.05, 0) is 50.3 Å². The van der Waals surface area contributed by atoms with Crippen LogP contribution in [0.5, 0.6) is 0 Å². The van der Waals surface area contributed by atoms with Crippen molar-refractivity contribution in [3.05, 3.63) is 45.8 Å². The SMILES string of the molecule is Cc1ccc(S(=O)(=O)CCC(=O)Nc2sc3c(c2C#N)CCCC3)cc1. The van der Waals surface area contributed by atoms with Crippen LogP contribution in [0.4, 0.5) is 5.00 Å². The molecule has 5 nitrogen and oxygen atoms in total. The van der Waals surface area contributed by atoms with E-state index in [4.69, 9.17) is 0 Å². The number of aryl methyl sites for hydroxylation is 2. The summed E-state index contributed by atoms with van der Waals surface area (Å²) in [5.74, 6) is -0.634. The molecule has 0 saturated heterocycles. The Kier molecular flexibility index (Phi) is 5.44. The number of hydrogen-bond acceptors (Lipinski definition) is 5. The third-order valence-corrected chi connectivity index (χ3v) is 7.45. The molecule has 0 radical (unpaired) electrons. The molecule has 1 aliphatic rings. The van der Waals surface area contributed by atoms with Gasteiger partial charge in [-0.2, -0.15) is 5.26 Å². The van der Waals surface area contributed by atoms with E-state index < -0.39 is 9.84 Å². The van der Waals surface area contributed by atoms with Crippen LogP contribution in [0.2, 0.25) is 0 Å². The molecule has 7 heteroatoms. The molecule has 1 amide bonds. The summed E-state index contributed by atoms with van der Waals surface area (Å²) in [5, 5.41) is 12.7. The van der Waals surface area contributed by atoms with Crippen LogP contribution >= 0.6 is 11.3 Å². The summed E-state index contributed by atoms with van der Waals surface area (Å²) in [4.78, 5) is 13.6. The van der Waals surface area contributed by atoms with Crippen LogP contribution in [-0.2, 0) is 27.5 Å². The number of sulfone groups is 1. The molecule has 136 valence electrons. The molecule has 0 saturated carbocycles. The van der Waals surface area contributed by atoms with Crippen molar-refractivity contribution in [2.75, 3.05) is 11.1 Å². The fourth-order valence-corrected chi connectivity index (χ4v) is 5.55. The molecule has 1 heterocycles. The first kappa shape index (κ1) is 18.6. The molecule has 2 aromatic rings. The highest BCUT2D eigenvalue weighted by Crippen LogP contribution is 2.37. The molecular formula is C19H20N2O3S2. The molecule has 1 N–H and O–H groups in total. The zero-order valence-electron chi connectivity index (χ0n) is 14.5. The van der Waals surface area contributed by atoms with Gasteiger partial charge < -0.3 is 5.32 Å². The van der Waals surface area contributed by atoms with Crippen LogP contribution < -0.4 is 5.32 Å². The Hall–Kier alpha value is -2.17. The molecule has 26 heavy (non-hydrogen) atoms. The van der Waals surface area contributed by atoms with E-state index in [1.165, 1.54) is 11.3 Å². The second kappa shape index (κ2) is 7.60. The van der Waals surface area contributed by atoms with E-state index in [0.29, 0.717) is 10.6 Å². The first-order valence-corrected chi connectivity index (χ1v) is 11.0. The standard InChI is InChI=1S/C19H20N2O3S2/c1-13-6-8-14(9-7-13)26(23,24)11-10-18(22)21-19-16(12-20)15-4-2-3-5-17(15)25-19/h6-9H,2-5,10-11H2,1H3,(H,21,22). The molecule has 1 aromatic heterocycles. The highest BCUT2D eigenvalue weighted by molar-refractivity contribution is 7.91. The van der Waals surface area contributed by atoms with Crippen molar-refractivity contribution < 1.29 is 13.2 Å². The van der Waals surface area contributed by atoms with Crippen LogP contribution in [0.3, 0.4) is 0 Å². The number of carbonyl (C=O) groups is 1. The number of rotatable bonds is 5. The van der Waals surface area contributed by atoms with Crippen molar-refractivity contribution in [3.63, 3.8) is 0 Å². The minimum Gasteiger partial charge on any atom is -0.317 e. The first-order valence-electron chi connectivity index (χ1n) is 8.54. The van der Waals surface area contributed by atoms with Gasteiger partial charge in [-0.1, -0.05) is 17.7 Å². The van der Waals surface area contributed by atoms with Crippen molar-refractivity contribution in [1.29, 1.82) is 5.26 Å². The van der Waals surface area contributed by atoms with Gasteiger partial charge in [0.1, 0.15) is 11.1 Å². The van der Waals surface area contributed by atoms with Crippen molar-refractivity contribution in [1.82, 2.24) is 0 Å². The monoisotopic (exact) mass is 388 g/mol. The maximum Gasteiger partial charge on any atom is 0.226 e. The zero-order chi connectivity index (χ0) is 18.7. The van der Waals surface area contributed by atoms with Crippen LogP contribution in [0.15, 0.2) is 29.2 Å². The molecule has 0 fully saturated rings. The van der Waals surface area contributed by atoms with Gasteiger partial charge in [0.25, 0.3) is 0 Å². The Morgan fingerprint density at radius 2 is 1.92 bits per heavy atom. The number of nitrogens with zero attached hydrogens (tertiary/aromatic N) is 1. The van der Waals surface area contributed by atoms with Gasteiger partial charge in [0.05, 0.1) is 16.2 Å². The van der Waals surface area contributed by atoms with E-state index in [1.54, 1.807) is 24.3 Å². The van der Waals surface area contributed by atoms with E-state index in [-0.39, 0.29) is 23.0 Å². The number of amides is 1. The third kappa shape index (κ3) is 3.97. The predicted octanol–water partition coefficient (Wildman–Crippen LogP) is 3.61. The lowest BCUT2D eigenvalue weighted by Crippen LogP contribution is -2.17. The normalized spacial score (nSPS) is 13.7. The van der Waals surface area contributed by atoms with E-state index >= 15 is 0 Å². The Morgan fingerprint density at radius 3 is 2.62 bits per heavy atom. The van der Waals surface area contributed by atoms with Gasteiger partial charge >= 0.3 is 0 Å². The summed E-state index contributed by atoms with van der Waals surface area (Å²) >= 11 is 1.44. The van der Waals surface area contributed by atoms with Crippen LogP contribution in [-0.4, -0.2) is 20.1 Å². The smallest absolute Gasteiger partial charge is 0.226 e. The van der Waals surface area contributed by atoms with Gasteiger partial charge in [0.15, 0.2) is 9.84 Å². The average Bonchev–Trinajstić information content (AvgIpc) is 2.97. The van der Waals surface area contributed by atoms with Gasteiger partial charge in [-0.15, -0.1) is 11.3 Å². The lowest BCUT2D eigenvalue weighted by Gasteiger charge is -2.09. The maximum absolute atomic E-state index is 12.4. The highest BCUT2D eigenvalue weighted by atomic mass is 32.2. The van der Waals surface area contributed by atoms with Crippen LogP contribution in [0.1, 0.15) is 40.8 Å². The van der Waals surface area contributed by atoms with Gasteiger partial charge in [0, 0.05) is 11.3 Å². The van der Waals surface area contributed by atoms with Gasteiger partial charge in [-0.25, -0.2) is 8.42 Å². The van der Waals surface area contributed by atoms with Gasteiger partial charge in [-0.3, -0.25) is 4.79 Å². The van der Waals surface area contributed by atoms with Crippen molar-refractivity contribution in [3.8, 4) is 6.07 Å². The Balaban J connectivity index is 1.67. The largest absolute Gasteiger partial charge is 0.317 e. The topological polar surface area (TPSA) is 87.0 Å². The number of carbonyl (C=O) groups excluding carboxylic acids is 1. The number of nitriles is 1. The van der Waals surface area contributed by atoms with Crippen molar-refractivity contribution in [2.24, 2.45) is 0 Å². The number of nitrogens with one attached hydrogen (secondary N) is 1. The number of anilines is 1. The molecule has 0 aliphatic heterocycles. The molecule has 3 rings (SSSR count). The number of thiophene rings is 1. The second-order valence-electron chi connectivity index (χ2n) is 6.46. The Morgan fingerprint density at radius 1 is 1.23 bits per heavy atom. The molecule has 0 spiro atoms. The first-order chi connectivity index (χ1) is 12.4. The highest BCUT2D eigenvalue weighted by Gasteiger charge is 2.22. The lowest BCUT2D eigenvalue weighted by atomic mass is 9.96. The van der Waals surface area contributed by atoms with E-state index in [0.717, 1.165) is 41.7 Å². The maximum atomic E-state index is 12.4. The molecule has 1 aromatic carbocycles. The summed E-state index contributed by atoms with van der Waals surface area (Å²) in [6.45, 7) is 1.89. The summed E-state index contributed by atoms with van der Waals surface area (Å²) in [5.41, 5.74) is 2.57. The minimum atomic E-state index is -3.50.